The van der Waals surface area contributed by atoms with Gasteiger partial charge in [-0.2, -0.15) is 0 Å². The molecule has 0 aromatic heterocycles. The molecule has 4 rings (SSSR count). The zero-order valence-electron chi connectivity index (χ0n) is 24.0. The maximum atomic E-state index is 14.2. The van der Waals surface area contributed by atoms with E-state index in [4.69, 9.17) is 4.74 Å². The van der Waals surface area contributed by atoms with Crippen LogP contribution >= 0.6 is 15.9 Å². The van der Waals surface area contributed by atoms with Gasteiger partial charge in [-0.3, -0.25) is 13.9 Å². The second kappa shape index (κ2) is 14.7. The fraction of sp³-hybridized carbons (Fsp3) is 0.375. The van der Waals surface area contributed by atoms with Crippen molar-refractivity contribution in [2.75, 3.05) is 18.0 Å². The molecule has 3 aromatic carbocycles. The van der Waals surface area contributed by atoms with Gasteiger partial charge in [0.1, 0.15) is 18.3 Å². The number of anilines is 1. The van der Waals surface area contributed by atoms with Crippen molar-refractivity contribution in [1.29, 1.82) is 0 Å². The summed E-state index contributed by atoms with van der Waals surface area (Å²) in [6, 6.07) is 21.4. The second-order valence-electron chi connectivity index (χ2n) is 10.4. The molecule has 1 atom stereocenters. The highest BCUT2D eigenvalue weighted by molar-refractivity contribution is 9.10. The first-order valence-electron chi connectivity index (χ1n) is 14.3. The number of nitrogens with one attached hydrogen (secondary N) is 1. The van der Waals surface area contributed by atoms with Crippen molar-refractivity contribution in [2.24, 2.45) is 0 Å². The van der Waals surface area contributed by atoms with Crippen LogP contribution in [0.1, 0.15) is 51.0 Å². The van der Waals surface area contributed by atoms with Gasteiger partial charge in [-0.25, -0.2) is 8.42 Å². The van der Waals surface area contributed by atoms with Crippen molar-refractivity contribution >= 4 is 43.5 Å². The average molecular weight is 657 g/mol. The van der Waals surface area contributed by atoms with Crippen LogP contribution < -0.4 is 14.4 Å². The van der Waals surface area contributed by atoms with Crippen molar-refractivity contribution in [3.05, 3.63) is 88.9 Å². The standard InChI is InChI=1S/C32H38BrN3O5S/c1-3-30(32(38)34-26-12-6-4-7-13-26)35(22-24-11-10-14-28(21-24)41-2)31(37)23-36(27-19-17-25(33)18-20-27)42(39,40)29-15-8-5-9-16-29/h5,8-11,14-21,26,30H,3-4,6-7,12-13,22-23H2,1-2H3,(H,34,38). The molecule has 0 heterocycles. The molecule has 1 aliphatic carbocycles. The van der Waals surface area contributed by atoms with Gasteiger partial charge in [0.2, 0.25) is 11.8 Å². The molecule has 0 aliphatic heterocycles. The van der Waals surface area contributed by atoms with Crippen molar-refractivity contribution in [2.45, 2.75) is 69.0 Å². The number of hydrogen-bond acceptors (Lipinski definition) is 5. The van der Waals surface area contributed by atoms with E-state index in [2.05, 4.69) is 21.2 Å². The maximum Gasteiger partial charge on any atom is 0.264 e. The minimum absolute atomic E-state index is 0.0714. The van der Waals surface area contributed by atoms with Gasteiger partial charge < -0.3 is 15.0 Å². The van der Waals surface area contributed by atoms with Crippen LogP contribution in [0.5, 0.6) is 5.75 Å². The predicted octanol–water partition coefficient (Wildman–Crippen LogP) is 5.91. The second-order valence-corrected chi connectivity index (χ2v) is 13.2. The summed E-state index contributed by atoms with van der Waals surface area (Å²) in [6.07, 6.45) is 5.49. The molecule has 1 fully saturated rings. The molecule has 2 amide bonds. The minimum Gasteiger partial charge on any atom is -0.497 e. The monoisotopic (exact) mass is 655 g/mol. The molecule has 3 aromatic rings. The Hall–Kier alpha value is -3.37. The third-order valence-electron chi connectivity index (χ3n) is 7.55. The van der Waals surface area contributed by atoms with E-state index >= 15 is 0 Å². The molecule has 0 saturated heterocycles. The predicted molar refractivity (Wildman–Crippen MR) is 168 cm³/mol. The fourth-order valence-electron chi connectivity index (χ4n) is 5.29. The molecular formula is C32H38BrN3O5S. The average Bonchev–Trinajstić information content (AvgIpc) is 3.01. The highest BCUT2D eigenvalue weighted by atomic mass is 79.9. The van der Waals surface area contributed by atoms with Crippen LogP contribution in [0.4, 0.5) is 5.69 Å². The Bertz CT molecular complexity index is 1440. The Labute approximate surface area is 257 Å². The summed E-state index contributed by atoms with van der Waals surface area (Å²) >= 11 is 3.40. The molecule has 8 nitrogen and oxygen atoms in total. The third-order valence-corrected chi connectivity index (χ3v) is 9.87. The molecule has 42 heavy (non-hydrogen) atoms. The van der Waals surface area contributed by atoms with Crippen LogP contribution in [0.2, 0.25) is 0 Å². The Kier molecular flexibility index (Phi) is 11.0. The highest BCUT2D eigenvalue weighted by Crippen LogP contribution is 2.27. The molecule has 1 saturated carbocycles. The van der Waals surface area contributed by atoms with Gasteiger partial charge >= 0.3 is 0 Å². The number of sulfonamides is 1. The van der Waals surface area contributed by atoms with E-state index in [1.165, 1.54) is 17.0 Å². The molecule has 1 N–H and O–H groups in total. The van der Waals surface area contributed by atoms with Crippen LogP contribution in [0, 0.1) is 0 Å². The van der Waals surface area contributed by atoms with Gasteiger partial charge in [-0.05, 0) is 73.4 Å². The number of ether oxygens (including phenoxy) is 1. The first kappa shape index (κ1) is 31.6. The Morgan fingerprint density at radius 1 is 0.976 bits per heavy atom. The van der Waals surface area contributed by atoms with E-state index < -0.39 is 28.5 Å². The van der Waals surface area contributed by atoms with E-state index in [9.17, 15) is 18.0 Å². The van der Waals surface area contributed by atoms with Gasteiger partial charge in [0.25, 0.3) is 10.0 Å². The number of carbonyl (C=O) groups is 2. The lowest BCUT2D eigenvalue weighted by Gasteiger charge is -2.34. The van der Waals surface area contributed by atoms with Gasteiger partial charge in [0.15, 0.2) is 0 Å². The van der Waals surface area contributed by atoms with Crippen molar-refractivity contribution in [1.82, 2.24) is 10.2 Å². The summed E-state index contributed by atoms with van der Waals surface area (Å²) in [5, 5.41) is 3.17. The molecule has 1 unspecified atom stereocenters. The number of rotatable bonds is 12. The number of carbonyl (C=O) groups excluding carboxylic acids is 2. The van der Waals surface area contributed by atoms with E-state index in [1.807, 2.05) is 31.2 Å². The van der Waals surface area contributed by atoms with Gasteiger partial charge in [-0.1, -0.05) is 72.4 Å². The van der Waals surface area contributed by atoms with Gasteiger partial charge in [0, 0.05) is 17.1 Å². The van der Waals surface area contributed by atoms with E-state index in [-0.39, 0.29) is 23.4 Å². The Morgan fingerprint density at radius 2 is 1.67 bits per heavy atom. The van der Waals surface area contributed by atoms with Gasteiger partial charge in [0.05, 0.1) is 17.7 Å². The fourth-order valence-corrected chi connectivity index (χ4v) is 6.99. The smallest absolute Gasteiger partial charge is 0.264 e. The van der Waals surface area contributed by atoms with Crippen LogP contribution in [0.15, 0.2) is 88.2 Å². The number of methoxy groups -OCH3 is 1. The van der Waals surface area contributed by atoms with E-state index in [1.54, 1.807) is 49.6 Å². The number of hydrogen-bond donors (Lipinski definition) is 1. The van der Waals surface area contributed by atoms with Gasteiger partial charge in [-0.15, -0.1) is 0 Å². The summed E-state index contributed by atoms with van der Waals surface area (Å²) in [4.78, 5) is 29.4. The minimum atomic E-state index is -4.10. The zero-order valence-corrected chi connectivity index (χ0v) is 26.4. The quantitative estimate of drug-likeness (QED) is 0.262. The molecule has 1 aliphatic rings. The number of benzene rings is 3. The lowest BCUT2D eigenvalue weighted by Crippen LogP contribution is -2.54. The summed E-state index contributed by atoms with van der Waals surface area (Å²) in [6.45, 7) is 1.51. The highest BCUT2D eigenvalue weighted by Gasteiger charge is 2.34. The van der Waals surface area contributed by atoms with Crippen LogP contribution in [0.25, 0.3) is 0 Å². The summed E-state index contributed by atoms with van der Waals surface area (Å²) in [5.74, 6) is -0.0737. The topological polar surface area (TPSA) is 96.0 Å². The molecule has 0 bridgehead atoms. The number of nitrogens with zero attached hydrogens (tertiary/aromatic N) is 2. The summed E-state index contributed by atoms with van der Waals surface area (Å²) < 4.78 is 35.1. The van der Waals surface area contributed by atoms with Crippen LogP contribution in [0.3, 0.4) is 0 Å². The van der Waals surface area contributed by atoms with Crippen molar-refractivity contribution in [3.63, 3.8) is 0 Å². The third kappa shape index (κ3) is 7.92. The lowest BCUT2D eigenvalue weighted by molar-refractivity contribution is -0.140. The number of amides is 2. The molecule has 0 radical (unpaired) electrons. The Balaban J connectivity index is 1.70. The van der Waals surface area contributed by atoms with Crippen LogP contribution in [-0.2, 0) is 26.2 Å². The molecular weight excluding hydrogens is 618 g/mol. The summed E-state index contributed by atoms with van der Waals surface area (Å²) in [7, 11) is -2.54. The maximum absolute atomic E-state index is 14.2. The van der Waals surface area contributed by atoms with Crippen molar-refractivity contribution in [3.8, 4) is 5.75 Å². The Morgan fingerprint density at radius 3 is 2.31 bits per heavy atom. The first-order valence-corrected chi connectivity index (χ1v) is 16.5. The first-order chi connectivity index (χ1) is 20.2. The zero-order chi connectivity index (χ0) is 30.1. The molecule has 224 valence electrons. The van der Waals surface area contributed by atoms with Crippen molar-refractivity contribution < 1.29 is 22.7 Å². The lowest BCUT2D eigenvalue weighted by atomic mass is 9.95. The van der Waals surface area contributed by atoms with Crippen LogP contribution in [-0.4, -0.2) is 50.9 Å². The molecule has 0 spiro atoms. The number of halogens is 1. The van der Waals surface area contributed by atoms with E-state index in [0.717, 1.165) is 46.4 Å². The normalized spacial score (nSPS) is 14.5. The molecule has 10 heteroatoms. The SMILES string of the molecule is CCC(C(=O)NC1CCCCC1)N(Cc1cccc(OC)c1)C(=O)CN(c1ccc(Br)cc1)S(=O)(=O)c1ccccc1. The van der Waals surface area contributed by atoms with E-state index in [0.29, 0.717) is 17.9 Å². The largest absolute Gasteiger partial charge is 0.497 e. The summed E-state index contributed by atoms with van der Waals surface area (Å²) in [5.41, 5.74) is 1.11.